The predicted octanol–water partition coefficient (Wildman–Crippen LogP) is 0.821. The summed E-state index contributed by atoms with van der Waals surface area (Å²) in [5.41, 5.74) is 4.26. The molecule has 1 aliphatic heterocycles. The van der Waals surface area contributed by atoms with Crippen molar-refractivity contribution in [1.82, 2.24) is 30.4 Å². The summed E-state index contributed by atoms with van der Waals surface area (Å²) in [6, 6.07) is 8.42. The molecule has 0 unspecified atom stereocenters. The average Bonchev–Trinajstić information content (AvgIpc) is 3.14. The maximum atomic E-state index is 12.1. The van der Waals surface area contributed by atoms with Crippen LogP contribution in [0.15, 0.2) is 36.7 Å². The van der Waals surface area contributed by atoms with Crippen LogP contribution in [-0.2, 0) is 24.2 Å². The number of rotatable bonds is 7. The Balaban J connectivity index is 1.19. The lowest BCUT2D eigenvalue weighted by atomic mass is 10.00. The summed E-state index contributed by atoms with van der Waals surface area (Å²) in [6.45, 7) is 2.58. The molecule has 4 rings (SSSR count). The third-order valence-corrected chi connectivity index (χ3v) is 5.05. The zero-order valence-corrected chi connectivity index (χ0v) is 15.6. The molecule has 0 bridgehead atoms. The normalized spacial score (nSPS) is 15.3. The Labute approximate surface area is 163 Å². The average molecular weight is 380 g/mol. The SMILES string of the molecule is O=C(CCc1nc2cnncc2[nH]1)NC[C@H](O)CN1CCc2ccccc2C1. The summed E-state index contributed by atoms with van der Waals surface area (Å²) in [4.78, 5) is 21.8. The van der Waals surface area contributed by atoms with Gasteiger partial charge in [0, 0.05) is 39.0 Å². The molecule has 1 aliphatic rings. The van der Waals surface area contributed by atoms with E-state index in [1.807, 2.05) is 6.07 Å². The van der Waals surface area contributed by atoms with E-state index in [9.17, 15) is 9.90 Å². The molecule has 0 saturated carbocycles. The van der Waals surface area contributed by atoms with Crippen molar-refractivity contribution in [3.63, 3.8) is 0 Å². The van der Waals surface area contributed by atoms with Gasteiger partial charge in [0.25, 0.3) is 0 Å². The number of nitrogens with zero attached hydrogens (tertiary/aromatic N) is 4. The first-order valence-corrected chi connectivity index (χ1v) is 9.56. The van der Waals surface area contributed by atoms with Crippen LogP contribution in [0.4, 0.5) is 0 Å². The Morgan fingerprint density at radius 1 is 1.25 bits per heavy atom. The minimum atomic E-state index is -0.586. The highest BCUT2D eigenvalue weighted by Gasteiger charge is 2.18. The number of aromatic nitrogens is 4. The predicted molar refractivity (Wildman–Crippen MR) is 104 cm³/mol. The second-order valence-corrected chi connectivity index (χ2v) is 7.18. The fourth-order valence-corrected chi connectivity index (χ4v) is 3.57. The van der Waals surface area contributed by atoms with Crippen LogP contribution in [0.3, 0.4) is 0 Å². The highest BCUT2D eigenvalue weighted by molar-refractivity contribution is 5.76. The molecule has 3 N–H and O–H groups in total. The molecule has 0 fully saturated rings. The quantitative estimate of drug-likeness (QED) is 0.560. The number of carbonyl (C=O) groups excluding carboxylic acids is 1. The first-order valence-electron chi connectivity index (χ1n) is 9.56. The molecule has 1 atom stereocenters. The van der Waals surface area contributed by atoms with E-state index in [1.54, 1.807) is 12.4 Å². The van der Waals surface area contributed by atoms with Gasteiger partial charge in [-0.25, -0.2) is 4.98 Å². The largest absolute Gasteiger partial charge is 0.390 e. The maximum absolute atomic E-state index is 12.1. The molecule has 146 valence electrons. The zero-order valence-electron chi connectivity index (χ0n) is 15.6. The lowest BCUT2D eigenvalue weighted by molar-refractivity contribution is -0.121. The molecular weight excluding hydrogens is 356 g/mol. The number of hydrogen-bond donors (Lipinski definition) is 3. The van der Waals surface area contributed by atoms with Gasteiger partial charge >= 0.3 is 0 Å². The number of benzene rings is 1. The Morgan fingerprint density at radius 3 is 2.93 bits per heavy atom. The van der Waals surface area contributed by atoms with E-state index < -0.39 is 6.10 Å². The highest BCUT2D eigenvalue weighted by atomic mass is 16.3. The van der Waals surface area contributed by atoms with Gasteiger partial charge in [0.1, 0.15) is 11.3 Å². The number of aliphatic hydroxyl groups is 1. The van der Waals surface area contributed by atoms with Gasteiger partial charge in [-0.2, -0.15) is 10.2 Å². The van der Waals surface area contributed by atoms with Crippen molar-refractivity contribution in [1.29, 1.82) is 0 Å². The van der Waals surface area contributed by atoms with Crippen LogP contribution >= 0.6 is 0 Å². The van der Waals surface area contributed by atoms with Crippen LogP contribution in [0.25, 0.3) is 11.0 Å². The zero-order chi connectivity index (χ0) is 19.3. The molecule has 0 spiro atoms. The van der Waals surface area contributed by atoms with E-state index in [0.29, 0.717) is 19.4 Å². The standard InChI is InChI=1S/C20H24N6O2/c27-16(13-26-8-7-14-3-1-2-4-15(14)12-26)9-21-20(28)6-5-19-24-17-10-22-23-11-18(17)25-19/h1-4,10-11,16,27H,5-9,12-13H2,(H,21,28)(H,24,25)/t16-/m0/s1. The molecule has 28 heavy (non-hydrogen) atoms. The Morgan fingerprint density at radius 2 is 2.07 bits per heavy atom. The summed E-state index contributed by atoms with van der Waals surface area (Å²) in [6.07, 6.45) is 4.42. The molecule has 8 nitrogen and oxygen atoms in total. The second kappa shape index (κ2) is 8.45. The van der Waals surface area contributed by atoms with E-state index in [4.69, 9.17) is 0 Å². The number of nitrogens with one attached hydrogen (secondary N) is 2. The number of amides is 1. The van der Waals surface area contributed by atoms with Crippen molar-refractivity contribution < 1.29 is 9.90 Å². The third-order valence-electron chi connectivity index (χ3n) is 5.05. The van der Waals surface area contributed by atoms with Crippen LogP contribution in [-0.4, -0.2) is 61.8 Å². The monoisotopic (exact) mass is 380 g/mol. The molecule has 8 heteroatoms. The molecule has 1 aromatic carbocycles. The Hall–Kier alpha value is -2.84. The molecule has 1 amide bonds. The van der Waals surface area contributed by atoms with Crippen molar-refractivity contribution in [2.45, 2.75) is 31.9 Å². The fourth-order valence-electron chi connectivity index (χ4n) is 3.57. The lowest BCUT2D eigenvalue weighted by Gasteiger charge is -2.30. The second-order valence-electron chi connectivity index (χ2n) is 7.18. The van der Waals surface area contributed by atoms with Crippen molar-refractivity contribution in [3.05, 3.63) is 53.6 Å². The summed E-state index contributed by atoms with van der Waals surface area (Å²) < 4.78 is 0. The van der Waals surface area contributed by atoms with Gasteiger partial charge in [0.05, 0.1) is 24.0 Å². The smallest absolute Gasteiger partial charge is 0.220 e. The van der Waals surface area contributed by atoms with Crippen LogP contribution in [0.2, 0.25) is 0 Å². The molecular formula is C20H24N6O2. The van der Waals surface area contributed by atoms with E-state index in [1.165, 1.54) is 11.1 Å². The summed E-state index contributed by atoms with van der Waals surface area (Å²) in [5.74, 6) is 0.632. The molecule has 0 saturated heterocycles. The Bertz CT molecular complexity index is 924. The van der Waals surface area contributed by atoms with Crippen molar-refractivity contribution in [2.75, 3.05) is 19.6 Å². The molecule has 0 aliphatic carbocycles. The number of imidazole rings is 1. The van der Waals surface area contributed by atoms with E-state index in [2.05, 4.69) is 48.6 Å². The van der Waals surface area contributed by atoms with E-state index in [-0.39, 0.29) is 12.5 Å². The van der Waals surface area contributed by atoms with Crippen molar-refractivity contribution in [2.24, 2.45) is 0 Å². The van der Waals surface area contributed by atoms with Gasteiger partial charge in [-0.3, -0.25) is 9.69 Å². The fraction of sp³-hybridized carbons (Fsp3) is 0.400. The summed E-state index contributed by atoms with van der Waals surface area (Å²) in [5, 5.41) is 20.7. The highest BCUT2D eigenvalue weighted by Crippen LogP contribution is 2.18. The first-order chi connectivity index (χ1) is 13.7. The molecule has 3 aromatic rings. The summed E-state index contributed by atoms with van der Waals surface area (Å²) >= 11 is 0. The molecule has 2 aromatic heterocycles. The van der Waals surface area contributed by atoms with Crippen LogP contribution in [0, 0.1) is 0 Å². The lowest BCUT2D eigenvalue weighted by Crippen LogP contribution is -2.42. The minimum Gasteiger partial charge on any atom is -0.390 e. The van der Waals surface area contributed by atoms with Crippen molar-refractivity contribution >= 4 is 16.9 Å². The van der Waals surface area contributed by atoms with E-state index >= 15 is 0 Å². The number of hydrogen-bond acceptors (Lipinski definition) is 6. The number of H-pyrrole nitrogens is 1. The molecule has 3 heterocycles. The number of β-amino-alcohol motifs (C(OH)–C–C–N with tert-alkyl or cyclic N) is 1. The first kappa shape index (κ1) is 18.5. The van der Waals surface area contributed by atoms with Crippen LogP contribution in [0.1, 0.15) is 23.4 Å². The van der Waals surface area contributed by atoms with Crippen LogP contribution in [0.5, 0.6) is 0 Å². The molecule has 0 radical (unpaired) electrons. The van der Waals surface area contributed by atoms with Gasteiger partial charge in [0.2, 0.25) is 5.91 Å². The van der Waals surface area contributed by atoms with Gasteiger partial charge in [-0.1, -0.05) is 24.3 Å². The van der Waals surface area contributed by atoms with Gasteiger partial charge in [0.15, 0.2) is 0 Å². The van der Waals surface area contributed by atoms with Crippen molar-refractivity contribution in [3.8, 4) is 0 Å². The minimum absolute atomic E-state index is 0.0975. The van der Waals surface area contributed by atoms with E-state index in [0.717, 1.165) is 36.4 Å². The maximum Gasteiger partial charge on any atom is 0.220 e. The number of aliphatic hydroxyl groups excluding tert-OH is 1. The number of carbonyl (C=O) groups is 1. The van der Waals surface area contributed by atoms with Gasteiger partial charge < -0.3 is 15.4 Å². The van der Waals surface area contributed by atoms with Crippen LogP contribution < -0.4 is 5.32 Å². The number of aromatic amines is 1. The number of fused-ring (bicyclic) bond motifs is 2. The topological polar surface area (TPSA) is 107 Å². The summed E-state index contributed by atoms with van der Waals surface area (Å²) in [7, 11) is 0. The third kappa shape index (κ3) is 4.52. The van der Waals surface area contributed by atoms with Gasteiger partial charge in [-0.05, 0) is 17.5 Å². The number of aryl methyl sites for hydroxylation is 1. The Kier molecular flexibility index (Phi) is 5.59. The van der Waals surface area contributed by atoms with Gasteiger partial charge in [-0.15, -0.1) is 0 Å².